The molecule has 5 nitrogen and oxygen atoms in total. The number of fused-ring (bicyclic) bond motifs is 6. The van der Waals surface area contributed by atoms with Gasteiger partial charge in [-0.25, -0.2) is 4.98 Å². The van der Waals surface area contributed by atoms with Gasteiger partial charge in [0.1, 0.15) is 0 Å². The van der Waals surface area contributed by atoms with E-state index in [4.69, 9.17) is 15.0 Å². The smallest absolute Gasteiger partial charge is 0.238 e. The van der Waals surface area contributed by atoms with Gasteiger partial charge in [0, 0.05) is 38.4 Å². The summed E-state index contributed by atoms with van der Waals surface area (Å²) in [7, 11) is 0. The van der Waals surface area contributed by atoms with Crippen molar-refractivity contribution in [3.8, 4) is 45.5 Å². The zero-order valence-electron chi connectivity index (χ0n) is 27.9. The molecule has 0 aliphatic carbocycles. The van der Waals surface area contributed by atoms with E-state index in [9.17, 15) is 0 Å². The standard InChI is InChI=1S/C46H31N5/c1-30-20-24-35(25-21-30)50-40-18-10-8-16-36(40)38-26-22-33(28-42(38)50)34-23-27-39-37-17-9-11-19-41(37)51(43(39)29-34)46-48-44(31-12-4-2-5-13-31)47-45(49-46)32-14-6-3-7-15-32/h2-29H,1H3. The number of aryl methyl sites for hydroxylation is 1. The third-order valence-electron chi connectivity index (χ3n) is 9.86. The molecule has 3 aromatic heterocycles. The van der Waals surface area contributed by atoms with Gasteiger partial charge in [-0.05, 0) is 54.4 Å². The van der Waals surface area contributed by atoms with Crippen LogP contribution in [0.15, 0.2) is 170 Å². The molecule has 10 aromatic rings. The third kappa shape index (κ3) is 4.82. The highest BCUT2D eigenvalue weighted by Crippen LogP contribution is 2.38. The molecule has 51 heavy (non-hydrogen) atoms. The Morgan fingerprint density at radius 1 is 0.353 bits per heavy atom. The number of nitrogens with zero attached hydrogens (tertiary/aromatic N) is 5. The molecule has 0 fully saturated rings. The summed E-state index contributed by atoms with van der Waals surface area (Å²) in [4.78, 5) is 15.2. The predicted molar refractivity (Wildman–Crippen MR) is 210 cm³/mol. The van der Waals surface area contributed by atoms with Gasteiger partial charge >= 0.3 is 0 Å². The van der Waals surface area contributed by atoms with Crippen LogP contribution in [0, 0.1) is 6.92 Å². The Kier molecular flexibility index (Phi) is 6.64. The predicted octanol–water partition coefficient (Wildman–Crippen LogP) is 11.4. The van der Waals surface area contributed by atoms with Gasteiger partial charge in [-0.3, -0.25) is 4.57 Å². The number of rotatable bonds is 5. The molecular formula is C46H31N5. The molecule has 7 aromatic carbocycles. The average molecular weight is 654 g/mol. The molecule has 0 atom stereocenters. The fourth-order valence-corrected chi connectivity index (χ4v) is 7.39. The Balaban J connectivity index is 1.21. The number of para-hydroxylation sites is 2. The molecule has 0 amide bonds. The van der Waals surface area contributed by atoms with Crippen LogP contribution in [0.1, 0.15) is 5.56 Å². The molecule has 0 saturated carbocycles. The van der Waals surface area contributed by atoms with Crippen LogP contribution in [-0.2, 0) is 0 Å². The summed E-state index contributed by atoms with van der Waals surface area (Å²) in [5.41, 5.74) is 11.0. The van der Waals surface area contributed by atoms with Crippen LogP contribution >= 0.6 is 0 Å². The van der Waals surface area contributed by atoms with E-state index in [2.05, 4.69) is 125 Å². The fourth-order valence-electron chi connectivity index (χ4n) is 7.39. The van der Waals surface area contributed by atoms with Crippen molar-refractivity contribution in [3.63, 3.8) is 0 Å². The third-order valence-corrected chi connectivity index (χ3v) is 9.86. The van der Waals surface area contributed by atoms with Gasteiger partial charge in [0.2, 0.25) is 5.95 Å². The summed E-state index contributed by atoms with van der Waals surface area (Å²) < 4.78 is 4.57. The maximum absolute atomic E-state index is 5.13. The first-order valence-electron chi connectivity index (χ1n) is 17.2. The Labute approximate surface area is 294 Å². The first kappa shape index (κ1) is 29.1. The lowest BCUT2D eigenvalue weighted by Crippen LogP contribution is -2.06. The molecule has 0 spiro atoms. The number of hydrogen-bond donors (Lipinski definition) is 0. The van der Waals surface area contributed by atoms with Crippen LogP contribution < -0.4 is 0 Å². The van der Waals surface area contributed by atoms with Crippen molar-refractivity contribution in [1.82, 2.24) is 24.1 Å². The van der Waals surface area contributed by atoms with E-state index in [1.54, 1.807) is 0 Å². The van der Waals surface area contributed by atoms with E-state index in [0.717, 1.165) is 49.7 Å². The van der Waals surface area contributed by atoms with E-state index < -0.39 is 0 Å². The Morgan fingerprint density at radius 2 is 0.804 bits per heavy atom. The van der Waals surface area contributed by atoms with Crippen molar-refractivity contribution in [3.05, 3.63) is 175 Å². The van der Waals surface area contributed by atoms with Gasteiger partial charge in [0.05, 0.1) is 22.1 Å². The van der Waals surface area contributed by atoms with Crippen LogP contribution in [-0.4, -0.2) is 24.1 Å². The van der Waals surface area contributed by atoms with Crippen LogP contribution in [0.2, 0.25) is 0 Å². The van der Waals surface area contributed by atoms with Gasteiger partial charge in [-0.2, -0.15) is 9.97 Å². The van der Waals surface area contributed by atoms with Crippen LogP contribution in [0.3, 0.4) is 0 Å². The van der Waals surface area contributed by atoms with Crippen LogP contribution in [0.5, 0.6) is 0 Å². The minimum absolute atomic E-state index is 0.584. The van der Waals surface area contributed by atoms with Crippen molar-refractivity contribution in [1.29, 1.82) is 0 Å². The Hall–Kier alpha value is -6.85. The van der Waals surface area contributed by atoms with Gasteiger partial charge in [-0.1, -0.05) is 139 Å². The molecule has 0 aliphatic rings. The molecule has 240 valence electrons. The van der Waals surface area contributed by atoms with E-state index in [0.29, 0.717) is 17.6 Å². The average Bonchev–Trinajstić information content (AvgIpc) is 3.71. The summed E-state index contributed by atoms with van der Waals surface area (Å²) >= 11 is 0. The van der Waals surface area contributed by atoms with Gasteiger partial charge in [-0.15, -0.1) is 0 Å². The van der Waals surface area contributed by atoms with Gasteiger partial charge < -0.3 is 4.57 Å². The lowest BCUT2D eigenvalue weighted by molar-refractivity contribution is 0.953. The van der Waals surface area contributed by atoms with Crippen molar-refractivity contribution < 1.29 is 0 Å². The normalized spacial score (nSPS) is 11.6. The largest absolute Gasteiger partial charge is 0.309 e. The van der Waals surface area contributed by atoms with Gasteiger partial charge in [0.15, 0.2) is 11.6 Å². The number of hydrogen-bond acceptors (Lipinski definition) is 3. The molecule has 0 unspecified atom stereocenters. The molecule has 0 aliphatic heterocycles. The topological polar surface area (TPSA) is 48.5 Å². The molecule has 10 rings (SSSR count). The SMILES string of the molecule is Cc1ccc(-n2c3ccccc3c3ccc(-c4ccc5c6ccccc6n(-c6nc(-c7ccccc7)nc(-c7ccccc7)n6)c5c4)cc32)cc1. The zero-order chi connectivity index (χ0) is 33.9. The highest BCUT2D eigenvalue weighted by atomic mass is 15.2. The number of benzene rings is 7. The second kappa shape index (κ2) is 11.6. The Morgan fingerprint density at radius 3 is 1.35 bits per heavy atom. The first-order chi connectivity index (χ1) is 25.2. The highest BCUT2D eigenvalue weighted by Gasteiger charge is 2.19. The van der Waals surface area contributed by atoms with E-state index >= 15 is 0 Å². The second-order valence-electron chi connectivity index (χ2n) is 13.0. The maximum Gasteiger partial charge on any atom is 0.238 e. The summed E-state index contributed by atoms with van der Waals surface area (Å²) in [6, 6.07) is 59.8. The summed E-state index contributed by atoms with van der Waals surface area (Å²) in [6.45, 7) is 2.13. The zero-order valence-corrected chi connectivity index (χ0v) is 27.9. The second-order valence-corrected chi connectivity index (χ2v) is 13.0. The Bertz CT molecular complexity index is 2850. The van der Waals surface area contributed by atoms with Crippen LogP contribution in [0.25, 0.3) is 89.2 Å². The van der Waals surface area contributed by atoms with Crippen molar-refractivity contribution in [2.24, 2.45) is 0 Å². The fraction of sp³-hybridized carbons (Fsp3) is 0.0217. The van der Waals surface area contributed by atoms with Crippen LogP contribution in [0.4, 0.5) is 0 Å². The minimum atomic E-state index is 0.584. The summed E-state index contributed by atoms with van der Waals surface area (Å²) in [6.07, 6.45) is 0. The summed E-state index contributed by atoms with van der Waals surface area (Å²) in [5, 5.41) is 4.77. The molecular weight excluding hydrogens is 623 g/mol. The van der Waals surface area contributed by atoms with E-state index in [1.165, 1.54) is 27.4 Å². The first-order valence-corrected chi connectivity index (χ1v) is 17.2. The molecule has 0 N–H and O–H groups in total. The summed E-state index contributed by atoms with van der Waals surface area (Å²) in [5.74, 6) is 1.85. The molecule has 3 heterocycles. The lowest BCUT2D eigenvalue weighted by Gasteiger charge is -2.12. The van der Waals surface area contributed by atoms with E-state index in [1.807, 2.05) is 60.7 Å². The molecule has 0 bridgehead atoms. The van der Waals surface area contributed by atoms with Crippen molar-refractivity contribution in [2.75, 3.05) is 0 Å². The lowest BCUT2D eigenvalue weighted by atomic mass is 10.0. The maximum atomic E-state index is 5.13. The molecule has 0 radical (unpaired) electrons. The molecule has 5 heteroatoms. The van der Waals surface area contributed by atoms with Crippen molar-refractivity contribution >= 4 is 43.6 Å². The highest BCUT2D eigenvalue weighted by molar-refractivity contribution is 6.12. The molecule has 0 saturated heterocycles. The van der Waals surface area contributed by atoms with E-state index in [-0.39, 0.29) is 0 Å². The van der Waals surface area contributed by atoms with Gasteiger partial charge in [0.25, 0.3) is 0 Å². The quantitative estimate of drug-likeness (QED) is 0.186. The number of aromatic nitrogens is 5. The monoisotopic (exact) mass is 653 g/mol. The minimum Gasteiger partial charge on any atom is -0.309 e. The van der Waals surface area contributed by atoms with Crippen molar-refractivity contribution in [2.45, 2.75) is 6.92 Å².